The number of benzene rings is 2. The molecule has 0 aliphatic carbocycles. The molecule has 116 valence electrons. The van der Waals surface area contributed by atoms with E-state index in [1.807, 2.05) is 56.3 Å². The smallest absolute Gasteiger partial charge is 0.246 e. The van der Waals surface area contributed by atoms with Gasteiger partial charge in [-0.1, -0.05) is 49.7 Å². The van der Waals surface area contributed by atoms with Gasteiger partial charge in [0.25, 0.3) is 0 Å². The lowest BCUT2D eigenvalue weighted by atomic mass is 10.0. The molecule has 2 aromatic carbocycles. The summed E-state index contributed by atoms with van der Waals surface area (Å²) in [7, 11) is 0. The van der Waals surface area contributed by atoms with Gasteiger partial charge in [-0.3, -0.25) is 4.79 Å². The number of hydrogen-bond donors (Lipinski definition) is 2. The Labute approximate surface area is 132 Å². The number of rotatable bonds is 5. The molecule has 3 heteroatoms. The van der Waals surface area contributed by atoms with Gasteiger partial charge in [0.05, 0.1) is 0 Å². The summed E-state index contributed by atoms with van der Waals surface area (Å²) < 4.78 is 0. The maximum Gasteiger partial charge on any atom is 0.246 e. The summed E-state index contributed by atoms with van der Waals surface area (Å²) in [6, 6.07) is 15.6. The monoisotopic (exact) mass is 296 g/mol. The Hall–Kier alpha value is -2.29. The van der Waals surface area contributed by atoms with Crippen LogP contribution in [0.3, 0.4) is 0 Å². The topological polar surface area (TPSA) is 41.1 Å². The average molecular weight is 296 g/mol. The second-order valence-corrected chi connectivity index (χ2v) is 5.96. The molecule has 3 nitrogen and oxygen atoms in total. The van der Waals surface area contributed by atoms with Gasteiger partial charge in [0.2, 0.25) is 5.91 Å². The molecule has 0 bridgehead atoms. The molecule has 2 N–H and O–H groups in total. The van der Waals surface area contributed by atoms with Gasteiger partial charge < -0.3 is 10.6 Å². The molecule has 0 unspecified atom stereocenters. The number of carbonyl (C=O) groups excluding carboxylic acids is 1. The third kappa shape index (κ3) is 4.10. The fraction of sp³-hybridized carbons (Fsp3) is 0.316. The minimum Gasteiger partial charge on any atom is -0.374 e. The lowest BCUT2D eigenvalue weighted by Gasteiger charge is -2.19. The molecular weight excluding hydrogens is 272 g/mol. The predicted molar refractivity (Wildman–Crippen MR) is 93.4 cm³/mol. The van der Waals surface area contributed by atoms with E-state index in [2.05, 4.69) is 30.5 Å². The zero-order valence-corrected chi connectivity index (χ0v) is 13.7. The van der Waals surface area contributed by atoms with Crippen LogP contribution in [0, 0.1) is 6.92 Å². The first-order valence-electron chi connectivity index (χ1n) is 7.70. The molecule has 1 atom stereocenters. The maximum absolute atomic E-state index is 12.3. The number of carbonyl (C=O) groups is 1. The third-order valence-electron chi connectivity index (χ3n) is 3.67. The number of anilines is 2. The van der Waals surface area contributed by atoms with Gasteiger partial charge in [0.1, 0.15) is 6.04 Å². The van der Waals surface area contributed by atoms with E-state index in [1.165, 1.54) is 11.1 Å². The molecule has 0 radical (unpaired) electrons. The molecule has 0 aromatic heterocycles. The summed E-state index contributed by atoms with van der Waals surface area (Å²) in [5.41, 5.74) is 4.23. The van der Waals surface area contributed by atoms with Crippen molar-refractivity contribution in [2.45, 2.75) is 39.7 Å². The minimum atomic E-state index is -0.304. The van der Waals surface area contributed by atoms with Gasteiger partial charge in [-0.15, -0.1) is 0 Å². The molecule has 0 saturated carbocycles. The van der Waals surface area contributed by atoms with Crippen LogP contribution < -0.4 is 10.6 Å². The predicted octanol–water partition coefficient (Wildman–Crippen LogP) is 4.56. The van der Waals surface area contributed by atoms with Crippen LogP contribution in [-0.4, -0.2) is 11.9 Å². The van der Waals surface area contributed by atoms with Crippen molar-refractivity contribution in [3.05, 3.63) is 59.7 Å². The Morgan fingerprint density at radius 1 is 0.955 bits per heavy atom. The fourth-order valence-corrected chi connectivity index (χ4v) is 2.32. The second-order valence-electron chi connectivity index (χ2n) is 5.96. The lowest BCUT2D eigenvalue weighted by molar-refractivity contribution is -0.116. The Kier molecular flexibility index (Phi) is 5.21. The van der Waals surface area contributed by atoms with Crippen LogP contribution in [0.1, 0.15) is 37.8 Å². The SMILES string of the molecule is Cc1ccc(NC(=O)[C@@H](C)Nc2ccccc2C(C)C)cc1. The van der Waals surface area contributed by atoms with Crippen LogP contribution in [0.25, 0.3) is 0 Å². The summed E-state index contributed by atoms with van der Waals surface area (Å²) in [5.74, 6) is 0.374. The molecule has 22 heavy (non-hydrogen) atoms. The molecule has 0 fully saturated rings. The average Bonchev–Trinajstić information content (AvgIpc) is 2.49. The van der Waals surface area contributed by atoms with Crippen LogP contribution in [0.4, 0.5) is 11.4 Å². The van der Waals surface area contributed by atoms with E-state index >= 15 is 0 Å². The molecule has 2 aromatic rings. The van der Waals surface area contributed by atoms with E-state index in [1.54, 1.807) is 0 Å². The second kappa shape index (κ2) is 7.12. The van der Waals surface area contributed by atoms with Crippen molar-refractivity contribution in [2.24, 2.45) is 0 Å². The highest BCUT2D eigenvalue weighted by atomic mass is 16.2. The van der Waals surface area contributed by atoms with E-state index in [0.29, 0.717) is 5.92 Å². The maximum atomic E-state index is 12.3. The molecule has 0 saturated heterocycles. The molecular formula is C19H24N2O. The third-order valence-corrected chi connectivity index (χ3v) is 3.67. The zero-order chi connectivity index (χ0) is 16.1. The largest absolute Gasteiger partial charge is 0.374 e. The fourth-order valence-electron chi connectivity index (χ4n) is 2.32. The first-order valence-corrected chi connectivity index (χ1v) is 7.70. The minimum absolute atomic E-state index is 0.0394. The Bertz CT molecular complexity index is 632. The lowest BCUT2D eigenvalue weighted by Crippen LogP contribution is -2.32. The number of hydrogen-bond acceptors (Lipinski definition) is 2. The first kappa shape index (κ1) is 16.1. The van der Waals surface area contributed by atoms with Gasteiger partial charge >= 0.3 is 0 Å². The number of nitrogens with one attached hydrogen (secondary N) is 2. The van der Waals surface area contributed by atoms with Crippen LogP contribution >= 0.6 is 0 Å². The highest BCUT2D eigenvalue weighted by molar-refractivity contribution is 5.96. The highest BCUT2D eigenvalue weighted by Crippen LogP contribution is 2.24. The summed E-state index contributed by atoms with van der Waals surface area (Å²) in [6.07, 6.45) is 0. The van der Waals surface area contributed by atoms with Crippen LogP contribution in [0.2, 0.25) is 0 Å². The van der Waals surface area contributed by atoms with Gasteiger partial charge in [0, 0.05) is 11.4 Å². The van der Waals surface area contributed by atoms with Crippen molar-refractivity contribution in [1.29, 1.82) is 0 Å². The quantitative estimate of drug-likeness (QED) is 0.849. The van der Waals surface area contributed by atoms with E-state index in [4.69, 9.17) is 0 Å². The van der Waals surface area contributed by atoms with E-state index < -0.39 is 0 Å². The van der Waals surface area contributed by atoms with E-state index in [9.17, 15) is 4.79 Å². The first-order chi connectivity index (χ1) is 10.5. The van der Waals surface area contributed by atoms with Crippen LogP contribution in [0.15, 0.2) is 48.5 Å². The molecule has 0 aliphatic rings. The summed E-state index contributed by atoms with van der Waals surface area (Å²) in [4.78, 5) is 12.3. The van der Waals surface area contributed by atoms with Crippen molar-refractivity contribution in [3.8, 4) is 0 Å². The van der Waals surface area contributed by atoms with Gasteiger partial charge in [-0.2, -0.15) is 0 Å². The van der Waals surface area contributed by atoms with Crippen molar-refractivity contribution < 1.29 is 4.79 Å². The Balaban J connectivity index is 2.04. The molecule has 1 amide bonds. The van der Waals surface area contributed by atoms with Crippen LogP contribution in [-0.2, 0) is 4.79 Å². The number of amides is 1. The molecule has 2 rings (SSSR count). The Morgan fingerprint density at radius 3 is 2.23 bits per heavy atom. The number of aryl methyl sites for hydroxylation is 1. The van der Waals surface area contributed by atoms with E-state index in [0.717, 1.165) is 11.4 Å². The van der Waals surface area contributed by atoms with Gasteiger partial charge in [0.15, 0.2) is 0 Å². The normalized spacial score (nSPS) is 12.0. The van der Waals surface area contributed by atoms with Gasteiger partial charge in [-0.25, -0.2) is 0 Å². The molecule has 0 spiro atoms. The summed E-state index contributed by atoms with van der Waals surface area (Å²) >= 11 is 0. The standard InChI is InChI=1S/C19H24N2O/c1-13(2)17-7-5-6-8-18(17)20-15(4)19(22)21-16-11-9-14(3)10-12-16/h5-13,15,20H,1-4H3,(H,21,22)/t15-/m1/s1. The number of para-hydroxylation sites is 1. The van der Waals surface area contributed by atoms with Crippen molar-refractivity contribution in [2.75, 3.05) is 10.6 Å². The summed E-state index contributed by atoms with van der Waals surface area (Å²) in [5, 5.41) is 6.25. The molecule has 0 heterocycles. The zero-order valence-electron chi connectivity index (χ0n) is 13.7. The van der Waals surface area contributed by atoms with Crippen molar-refractivity contribution in [3.63, 3.8) is 0 Å². The van der Waals surface area contributed by atoms with Crippen molar-refractivity contribution >= 4 is 17.3 Å². The van der Waals surface area contributed by atoms with Crippen molar-refractivity contribution in [1.82, 2.24) is 0 Å². The Morgan fingerprint density at radius 2 is 1.59 bits per heavy atom. The van der Waals surface area contributed by atoms with Crippen LogP contribution in [0.5, 0.6) is 0 Å². The van der Waals surface area contributed by atoms with Gasteiger partial charge in [-0.05, 0) is 43.5 Å². The van der Waals surface area contributed by atoms with E-state index in [-0.39, 0.29) is 11.9 Å². The summed E-state index contributed by atoms with van der Waals surface area (Å²) in [6.45, 7) is 8.20. The highest BCUT2D eigenvalue weighted by Gasteiger charge is 2.15. The molecule has 0 aliphatic heterocycles.